The maximum absolute atomic E-state index is 4.01. The highest BCUT2D eigenvalue weighted by Gasteiger charge is 2.08. The van der Waals surface area contributed by atoms with E-state index < -0.39 is 0 Å². The Balaban J connectivity index is 3.06. The van der Waals surface area contributed by atoms with E-state index in [1.807, 2.05) is 0 Å². The lowest BCUT2D eigenvalue weighted by molar-refractivity contribution is 0.356. The minimum Gasteiger partial charge on any atom is -0.0625 e. The van der Waals surface area contributed by atoms with Gasteiger partial charge < -0.3 is 0 Å². The molecule has 0 nitrogen and oxygen atoms in total. The van der Waals surface area contributed by atoms with Gasteiger partial charge in [-0.1, -0.05) is 79.6 Å². The molecule has 0 saturated heterocycles. The Morgan fingerprint density at radius 3 is 1.80 bits per heavy atom. The van der Waals surface area contributed by atoms with Gasteiger partial charge in [0.05, 0.1) is 0 Å². The third kappa shape index (κ3) is 14.0. The van der Waals surface area contributed by atoms with Gasteiger partial charge in [0.1, 0.15) is 0 Å². The molecule has 0 heteroatoms. The quantitative estimate of drug-likeness (QED) is 0.457. The van der Waals surface area contributed by atoms with E-state index in [0.29, 0.717) is 11.3 Å². The number of hydrogen-bond acceptors (Lipinski definition) is 0. The molecule has 0 fully saturated rings. The molecule has 0 aromatic carbocycles. The summed E-state index contributed by atoms with van der Waals surface area (Å²) < 4.78 is 0. The Kier molecular flexibility index (Phi) is 8.19. The van der Waals surface area contributed by atoms with Crippen LogP contribution in [0.4, 0.5) is 0 Å². The van der Waals surface area contributed by atoms with Crippen LogP contribution in [0.1, 0.15) is 79.1 Å². The predicted molar refractivity (Wildman–Crippen MR) is 70.9 cm³/mol. The molecule has 0 aliphatic heterocycles. The van der Waals surface area contributed by atoms with Gasteiger partial charge in [0.25, 0.3) is 0 Å². The highest BCUT2D eigenvalue weighted by atomic mass is 14.1. The van der Waals surface area contributed by atoms with Gasteiger partial charge in [-0.05, 0) is 17.8 Å². The molecular weight excluding hydrogens is 180 g/mol. The molecule has 1 atom stereocenters. The summed E-state index contributed by atoms with van der Waals surface area (Å²) in [6.07, 6.45) is 11.2. The first-order valence-electron chi connectivity index (χ1n) is 6.75. The zero-order chi connectivity index (χ0) is 11.7. The number of rotatable bonds is 8. The van der Waals surface area contributed by atoms with Crippen LogP contribution in [0.25, 0.3) is 0 Å². The molecule has 0 bridgehead atoms. The molecule has 0 N–H and O–H groups in total. The second-order valence-corrected chi connectivity index (χ2v) is 6.33. The van der Waals surface area contributed by atoms with Crippen LogP contribution in [-0.4, -0.2) is 0 Å². The Morgan fingerprint density at radius 1 is 0.867 bits per heavy atom. The first kappa shape index (κ1) is 15.0. The van der Waals surface area contributed by atoms with Crippen LogP contribution < -0.4 is 0 Å². The fourth-order valence-electron chi connectivity index (χ4n) is 1.86. The molecular formula is C15H31. The summed E-state index contributed by atoms with van der Waals surface area (Å²) in [5.74, 6) is 0.644. The van der Waals surface area contributed by atoms with Crippen molar-refractivity contribution in [1.82, 2.24) is 0 Å². The highest BCUT2D eigenvalue weighted by Crippen LogP contribution is 2.22. The van der Waals surface area contributed by atoms with Gasteiger partial charge >= 0.3 is 0 Å². The van der Waals surface area contributed by atoms with E-state index in [2.05, 4.69) is 34.6 Å². The third-order valence-corrected chi connectivity index (χ3v) is 2.87. The van der Waals surface area contributed by atoms with Crippen molar-refractivity contribution in [2.24, 2.45) is 11.3 Å². The van der Waals surface area contributed by atoms with Crippen LogP contribution in [0, 0.1) is 18.3 Å². The van der Waals surface area contributed by atoms with E-state index >= 15 is 0 Å². The van der Waals surface area contributed by atoms with Gasteiger partial charge in [-0.25, -0.2) is 0 Å². The Bertz CT molecular complexity index is 127. The third-order valence-electron chi connectivity index (χ3n) is 2.87. The van der Waals surface area contributed by atoms with Crippen LogP contribution >= 0.6 is 0 Å². The average molecular weight is 211 g/mol. The zero-order valence-corrected chi connectivity index (χ0v) is 11.4. The van der Waals surface area contributed by atoms with Crippen molar-refractivity contribution in [2.75, 3.05) is 0 Å². The van der Waals surface area contributed by atoms with Crippen LogP contribution in [0.15, 0.2) is 0 Å². The summed E-state index contributed by atoms with van der Waals surface area (Å²) in [6, 6.07) is 0. The van der Waals surface area contributed by atoms with Gasteiger partial charge in [-0.2, -0.15) is 0 Å². The minimum absolute atomic E-state index is 0.531. The molecule has 0 spiro atoms. The van der Waals surface area contributed by atoms with Crippen LogP contribution in [0.5, 0.6) is 0 Å². The van der Waals surface area contributed by atoms with Crippen molar-refractivity contribution < 1.29 is 0 Å². The van der Waals surface area contributed by atoms with Crippen LogP contribution in [-0.2, 0) is 0 Å². The maximum atomic E-state index is 4.01. The van der Waals surface area contributed by atoms with Gasteiger partial charge in [0, 0.05) is 0 Å². The second kappa shape index (κ2) is 8.19. The van der Waals surface area contributed by atoms with Gasteiger partial charge in [0.15, 0.2) is 0 Å². The summed E-state index contributed by atoms with van der Waals surface area (Å²) in [5, 5.41) is 0. The molecule has 0 heterocycles. The summed E-state index contributed by atoms with van der Waals surface area (Å²) in [7, 11) is 0. The zero-order valence-electron chi connectivity index (χ0n) is 11.4. The topological polar surface area (TPSA) is 0 Å². The molecule has 0 aromatic heterocycles. The van der Waals surface area contributed by atoms with E-state index in [0.717, 1.165) is 0 Å². The average Bonchev–Trinajstić information content (AvgIpc) is 2.07. The molecule has 1 unspecified atom stereocenters. The standard InChI is InChI=1S/C15H31/c1-14(2)12-10-8-6-7-9-11-13-15(3,4)5/h14H,1,6-13H2,2-5H3. The molecule has 0 aliphatic rings. The smallest absolute Gasteiger partial charge is 0.0383 e. The molecule has 0 aromatic rings. The fraction of sp³-hybridized carbons (Fsp3) is 0.933. The van der Waals surface area contributed by atoms with Crippen molar-refractivity contribution >= 4 is 0 Å². The Labute approximate surface area is 97.8 Å². The first-order chi connectivity index (χ1) is 6.92. The summed E-state index contributed by atoms with van der Waals surface area (Å²) in [5.41, 5.74) is 0.531. The van der Waals surface area contributed by atoms with E-state index in [1.165, 1.54) is 51.4 Å². The van der Waals surface area contributed by atoms with Gasteiger partial charge in [-0.15, -0.1) is 0 Å². The van der Waals surface area contributed by atoms with Crippen molar-refractivity contribution in [3.05, 3.63) is 6.92 Å². The van der Waals surface area contributed by atoms with Gasteiger partial charge in [0.2, 0.25) is 0 Å². The highest BCUT2D eigenvalue weighted by molar-refractivity contribution is 4.61. The molecule has 0 rings (SSSR count). The van der Waals surface area contributed by atoms with E-state index in [-0.39, 0.29) is 0 Å². The van der Waals surface area contributed by atoms with E-state index in [4.69, 9.17) is 0 Å². The van der Waals surface area contributed by atoms with Crippen molar-refractivity contribution in [2.45, 2.75) is 79.1 Å². The lowest BCUT2D eigenvalue weighted by Crippen LogP contribution is -2.03. The number of unbranched alkanes of at least 4 members (excludes halogenated alkanes) is 5. The maximum Gasteiger partial charge on any atom is -0.0383 e. The van der Waals surface area contributed by atoms with Crippen molar-refractivity contribution in [3.8, 4) is 0 Å². The summed E-state index contributed by atoms with van der Waals surface area (Å²) in [4.78, 5) is 0. The van der Waals surface area contributed by atoms with Crippen molar-refractivity contribution in [1.29, 1.82) is 0 Å². The second-order valence-electron chi connectivity index (χ2n) is 6.33. The first-order valence-corrected chi connectivity index (χ1v) is 6.75. The normalized spacial score (nSPS) is 12.4. The summed E-state index contributed by atoms with van der Waals surface area (Å²) in [6.45, 7) is 13.2. The molecule has 0 aliphatic carbocycles. The molecule has 0 amide bonds. The fourth-order valence-corrected chi connectivity index (χ4v) is 1.86. The molecule has 0 saturated carbocycles. The molecule has 1 radical (unpaired) electrons. The predicted octanol–water partition coefficient (Wildman–Crippen LogP) is 5.62. The number of hydrogen-bond donors (Lipinski definition) is 0. The van der Waals surface area contributed by atoms with E-state index in [1.54, 1.807) is 0 Å². The Hall–Kier alpha value is 0. The van der Waals surface area contributed by atoms with Gasteiger partial charge in [-0.3, -0.25) is 0 Å². The van der Waals surface area contributed by atoms with Crippen molar-refractivity contribution in [3.63, 3.8) is 0 Å². The van der Waals surface area contributed by atoms with E-state index in [9.17, 15) is 0 Å². The lowest BCUT2D eigenvalue weighted by atomic mass is 9.89. The largest absolute Gasteiger partial charge is 0.0625 e. The lowest BCUT2D eigenvalue weighted by Gasteiger charge is -2.17. The Morgan fingerprint density at radius 2 is 1.33 bits per heavy atom. The summed E-state index contributed by atoms with van der Waals surface area (Å²) >= 11 is 0. The molecule has 91 valence electrons. The SMILES string of the molecule is [CH2]C(C)CCCCCCCCC(C)(C)C. The van der Waals surface area contributed by atoms with Crippen LogP contribution in [0.3, 0.4) is 0 Å². The monoisotopic (exact) mass is 211 g/mol. The van der Waals surface area contributed by atoms with Crippen LogP contribution in [0.2, 0.25) is 0 Å². The molecule has 15 heavy (non-hydrogen) atoms. The minimum atomic E-state index is 0.531.